The number of amides is 1. The number of aromatic nitrogens is 1. The van der Waals surface area contributed by atoms with E-state index in [0.717, 1.165) is 11.3 Å². The fraction of sp³-hybridized carbons (Fsp3) is 0.389. The van der Waals surface area contributed by atoms with Crippen molar-refractivity contribution in [1.29, 1.82) is 0 Å². The molecule has 1 aromatic carbocycles. The van der Waals surface area contributed by atoms with E-state index in [0.29, 0.717) is 25.3 Å². The molecule has 2 aromatic rings. The molecule has 1 aromatic heterocycles. The molecule has 1 amide bonds. The first-order valence-corrected chi connectivity index (χ1v) is 9.85. The van der Waals surface area contributed by atoms with Crippen molar-refractivity contribution in [1.82, 2.24) is 14.2 Å². The van der Waals surface area contributed by atoms with Gasteiger partial charge in [-0.25, -0.2) is 8.42 Å². The van der Waals surface area contributed by atoms with Crippen molar-refractivity contribution >= 4 is 15.9 Å². The van der Waals surface area contributed by atoms with Gasteiger partial charge in [0, 0.05) is 32.9 Å². The van der Waals surface area contributed by atoms with Crippen molar-refractivity contribution in [3.63, 3.8) is 0 Å². The third kappa shape index (κ3) is 4.25. The number of benzene rings is 1. The minimum Gasteiger partial charge on any atom is -0.497 e. The van der Waals surface area contributed by atoms with Crippen LogP contribution < -0.4 is 10.1 Å². The van der Waals surface area contributed by atoms with Gasteiger partial charge in [0.25, 0.3) is 5.91 Å². The normalized spacial score (nSPS) is 11.6. The molecule has 0 radical (unpaired) electrons. The lowest BCUT2D eigenvalue weighted by atomic mass is 10.2. The van der Waals surface area contributed by atoms with Gasteiger partial charge >= 0.3 is 0 Å². The minimum absolute atomic E-state index is 0.123. The fourth-order valence-corrected chi connectivity index (χ4v) is 4.16. The molecule has 0 saturated heterocycles. The van der Waals surface area contributed by atoms with Gasteiger partial charge in [-0.3, -0.25) is 4.79 Å². The van der Waals surface area contributed by atoms with E-state index in [1.807, 2.05) is 24.3 Å². The number of nitrogens with zero attached hydrogens (tertiary/aromatic N) is 2. The highest BCUT2D eigenvalue weighted by molar-refractivity contribution is 7.89. The van der Waals surface area contributed by atoms with Gasteiger partial charge in [-0.2, -0.15) is 4.31 Å². The Kier molecular flexibility index (Phi) is 6.44. The van der Waals surface area contributed by atoms with Crippen molar-refractivity contribution in [2.75, 3.05) is 20.2 Å². The number of sulfonamides is 1. The smallest absolute Gasteiger partial charge is 0.268 e. The maximum atomic E-state index is 12.6. The van der Waals surface area contributed by atoms with Crippen molar-refractivity contribution in [3.05, 3.63) is 47.8 Å². The second kappa shape index (κ2) is 8.37. The lowest BCUT2D eigenvalue weighted by Crippen LogP contribution is -2.30. The second-order valence-corrected chi connectivity index (χ2v) is 7.73. The second-order valence-electron chi connectivity index (χ2n) is 5.79. The standard InChI is InChI=1S/C18H25N3O4S/c1-5-21(6-2)26(23,24)16-11-17(20(3)13-16)18(22)19-12-14-7-9-15(25-4)10-8-14/h7-11,13H,5-6,12H2,1-4H3,(H,19,22). The number of aryl methyl sites for hydroxylation is 1. The molecule has 0 aliphatic heterocycles. The SMILES string of the molecule is CCN(CC)S(=O)(=O)c1cc(C(=O)NCc2ccc(OC)cc2)n(C)c1. The van der Waals surface area contributed by atoms with Gasteiger partial charge < -0.3 is 14.6 Å². The summed E-state index contributed by atoms with van der Waals surface area (Å²) in [7, 11) is -0.343. The van der Waals surface area contributed by atoms with Gasteiger partial charge in [0.05, 0.1) is 7.11 Å². The molecule has 1 N–H and O–H groups in total. The number of rotatable bonds is 8. The summed E-state index contributed by atoms with van der Waals surface area (Å²) >= 11 is 0. The quantitative estimate of drug-likeness (QED) is 0.761. The number of nitrogens with one attached hydrogen (secondary N) is 1. The molecule has 1 heterocycles. The number of methoxy groups -OCH3 is 1. The maximum absolute atomic E-state index is 12.6. The van der Waals surface area contributed by atoms with Crippen LogP contribution in [-0.2, 0) is 23.6 Å². The molecule has 0 atom stereocenters. The average Bonchev–Trinajstić information content (AvgIpc) is 3.03. The van der Waals surface area contributed by atoms with Crippen LogP contribution in [0.5, 0.6) is 5.75 Å². The van der Waals surface area contributed by atoms with Crippen LogP contribution in [0.15, 0.2) is 41.4 Å². The average molecular weight is 379 g/mol. The monoisotopic (exact) mass is 379 g/mol. The Morgan fingerprint density at radius 1 is 1.19 bits per heavy atom. The summed E-state index contributed by atoms with van der Waals surface area (Å²) in [4.78, 5) is 12.6. The van der Waals surface area contributed by atoms with Crippen LogP contribution in [0.4, 0.5) is 0 Å². The van der Waals surface area contributed by atoms with Crippen molar-refractivity contribution < 1.29 is 17.9 Å². The van der Waals surface area contributed by atoms with Gasteiger partial charge in [-0.05, 0) is 23.8 Å². The highest BCUT2D eigenvalue weighted by Gasteiger charge is 2.25. The molecule has 142 valence electrons. The summed E-state index contributed by atoms with van der Waals surface area (Å²) in [5.41, 5.74) is 1.22. The van der Waals surface area contributed by atoms with Crippen molar-refractivity contribution in [2.24, 2.45) is 7.05 Å². The van der Waals surface area contributed by atoms with E-state index in [2.05, 4.69) is 5.32 Å². The topological polar surface area (TPSA) is 80.6 Å². The molecule has 7 nitrogen and oxygen atoms in total. The third-order valence-electron chi connectivity index (χ3n) is 4.17. The molecule has 26 heavy (non-hydrogen) atoms. The lowest BCUT2D eigenvalue weighted by Gasteiger charge is -2.17. The molecule has 0 bridgehead atoms. The van der Waals surface area contributed by atoms with Crippen LogP contribution in [0.2, 0.25) is 0 Å². The molecule has 0 saturated carbocycles. The number of carbonyl (C=O) groups excluding carboxylic acids is 1. The number of carbonyl (C=O) groups is 1. The lowest BCUT2D eigenvalue weighted by molar-refractivity contribution is 0.0942. The van der Waals surface area contributed by atoms with Crippen LogP contribution in [0.3, 0.4) is 0 Å². The summed E-state index contributed by atoms with van der Waals surface area (Å²) in [6.07, 6.45) is 1.47. The van der Waals surface area contributed by atoms with Gasteiger partial charge in [0.15, 0.2) is 0 Å². The number of hydrogen-bond acceptors (Lipinski definition) is 4. The molecule has 0 unspecified atom stereocenters. The van der Waals surface area contributed by atoms with E-state index in [4.69, 9.17) is 4.74 Å². The molecule has 0 spiro atoms. The molecule has 8 heteroatoms. The number of ether oxygens (including phenoxy) is 1. The minimum atomic E-state index is -3.59. The Morgan fingerprint density at radius 3 is 2.35 bits per heavy atom. The first kappa shape index (κ1) is 20.0. The zero-order chi connectivity index (χ0) is 19.3. The van der Waals surface area contributed by atoms with Gasteiger partial charge in [-0.1, -0.05) is 26.0 Å². The summed E-state index contributed by atoms with van der Waals surface area (Å²) in [5, 5.41) is 2.81. The van der Waals surface area contributed by atoms with Gasteiger partial charge in [0.1, 0.15) is 16.3 Å². The van der Waals surface area contributed by atoms with E-state index in [-0.39, 0.29) is 10.8 Å². The van der Waals surface area contributed by atoms with E-state index in [1.54, 1.807) is 28.0 Å². The molecule has 0 fully saturated rings. The van der Waals surface area contributed by atoms with Crippen LogP contribution >= 0.6 is 0 Å². The Balaban J connectivity index is 2.13. The summed E-state index contributed by atoms with van der Waals surface area (Å²) in [6.45, 7) is 4.67. The molecular weight excluding hydrogens is 354 g/mol. The molecule has 2 rings (SSSR count). The zero-order valence-electron chi connectivity index (χ0n) is 15.5. The highest BCUT2D eigenvalue weighted by atomic mass is 32.2. The first-order valence-electron chi connectivity index (χ1n) is 8.41. The van der Waals surface area contributed by atoms with E-state index in [1.165, 1.54) is 21.1 Å². The van der Waals surface area contributed by atoms with Crippen LogP contribution in [0, 0.1) is 0 Å². The first-order chi connectivity index (χ1) is 12.3. The van der Waals surface area contributed by atoms with E-state index in [9.17, 15) is 13.2 Å². The molecular formula is C18H25N3O4S. The largest absolute Gasteiger partial charge is 0.497 e. The molecule has 0 aliphatic rings. The van der Waals surface area contributed by atoms with Crippen molar-refractivity contribution in [2.45, 2.75) is 25.3 Å². The van der Waals surface area contributed by atoms with Crippen LogP contribution in [-0.4, -0.2) is 43.4 Å². The predicted octanol–water partition coefficient (Wildman–Crippen LogP) is 1.99. The summed E-state index contributed by atoms with van der Waals surface area (Å²) in [5.74, 6) is 0.415. The van der Waals surface area contributed by atoms with Crippen LogP contribution in [0.1, 0.15) is 29.9 Å². The third-order valence-corrected chi connectivity index (χ3v) is 6.18. The van der Waals surface area contributed by atoms with Gasteiger partial charge in [-0.15, -0.1) is 0 Å². The zero-order valence-corrected chi connectivity index (χ0v) is 16.3. The van der Waals surface area contributed by atoms with E-state index >= 15 is 0 Å². The summed E-state index contributed by atoms with van der Waals surface area (Å²) < 4.78 is 33.2. The fourth-order valence-electron chi connectivity index (χ4n) is 2.63. The van der Waals surface area contributed by atoms with E-state index < -0.39 is 10.0 Å². The van der Waals surface area contributed by atoms with Gasteiger partial charge in [0.2, 0.25) is 10.0 Å². The summed E-state index contributed by atoms with van der Waals surface area (Å²) in [6, 6.07) is 8.77. The Labute approximate surface area is 154 Å². The Morgan fingerprint density at radius 2 is 1.81 bits per heavy atom. The molecule has 0 aliphatic carbocycles. The Hall–Kier alpha value is -2.32. The predicted molar refractivity (Wildman–Crippen MR) is 99.7 cm³/mol. The van der Waals surface area contributed by atoms with Crippen molar-refractivity contribution in [3.8, 4) is 5.75 Å². The Bertz CT molecular complexity index is 853. The van der Waals surface area contributed by atoms with Crippen LogP contribution in [0.25, 0.3) is 0 Å². The highest BCUT2D eigenvalue weighted by Crippen LogP contribution is 2.18. The maximum Gasteiger partial charge on any atom is 0.268 e. The number of hydrogen-bond donors (Lipinski definition) is 1.